The number of aliphatic hydroxyl groups is 1. The molecule has 0 aromatic heterocycles. The maximum absolute atomic E-state index is 9.90. The molecule has 5 heteroatoms. The van der Waals surface area contributed by atoms with Gasteiger partial charge in [0.25, 0.3) is 0 Å². The van der Waals surface area contributed by atoms with Crippen LogP contribution in [0.25, 0.3) is 0 Å². The fourth-order valence-electron chi connectivity index (χ4n) is 2.39. The lowest BCUT2D eigenvalue weighted by molar-refractivity contribution is 0.0870. The second-order valence-corrected chi connectivity index (χ2v) is 4.98. The van der Waals surface area contributed by atoms with Gasteiger partial charge in [-0.2, -0.15) is 0 Å². The summed E-state index contributed by atoms with van der Waals surface area (Å²) in [5.74, 6) is 1.44. The number of aromatic hydroxyl groups is 1. The van der Waals surface area contributed by atoms with Crippen LogP contribution < -0.4 is 14.8 Å². The quantitative estimate of drug-likeness (QED) is 0.748. The van der Waals surface area contributed by atoms with Gasteiger partial charge in [-0.25, -0.2) is 0 Å². The molecule has 1 aromatic carbocycles. The van der Waals surface area contributed by atoms with Crippen molar-refractivity contribution in [3.05, 3.63) is 17.7 Å². The lowest BCUT2D eigenvalue weighted by Crippen LogP contribution is -2.53. The molecule has 1 aromatic rings. The number of ether oxygens (including phenoxy) is 2. The summed E-state index contributed by atoms with van der Waals surface area (Å²) in [7, 11) is 0. The molecule has 2 aliphatic rings. The van der Waals surface area contributed by atoms with E-state index < -0.39 is 0 Å². The number of hydrogen-bond acceptors (Lipinski definition) is 5. The van der Waals surface area contributed by atoms with E-state index in [1.807, 2.05) is 0 Å². The lowest BCUT2D eigenvalue weighted by atomic mass is 9.77. The molecule has 0 amide bonds. The summed E-state index contributed by atoms with van der Waals surface area (Å²) in [5.41, 5.74) is 0.599. The minimum atomic E-state index is -0.164. The molecular weight excluding hydrogens is 234 g/mol. The summed E-state index contributed by atoms with van der Waals surface area (Å²) >= 11 is 0. The van der Waals surface area contributed by atoms with E-state index in [1.165, 1.54) is 0 Å². The molecule has 0 spiro atoms. The number of fused-ring (bicyclic) bond motifs is 1. The van der Waals surface area contributed by atoms with Crippen LogP contribution in [0.4, 0.5) is 0 Å². The first-order valence-corrected chi connectivity index (χ1v) is 6.20. The molecule has 1 aliphatic carbocycles. The Morgan fingerprint density at radius 1 is 1.22 bits per heavy atom. The monoisotopic (exact) mass is 251 g/mol. The molecule has 5 nitrogen and oxygen atoms in total. The van der Waals surface area contributed by atoms with Crippen molar-refractivity contribution >= 4 is 0 Å². The average molecular weight is 251 g/mol. The zero-order valence-electron chi connectivity index (χ0n) is 10.1. The number of phenolic OH excluding ortho intramolecular Hbond substituents is 1. The van der Waals surface area contributed by atoms with E-state index in [0.29, 0.717) is 18.0 Å². The predicted molar refractivity (Wildman–Crippen MR) is 64.7 cm³/mol. The maximum Gasteiger partial charge on any atom is 0.231 e. The molecule has 3 rings (SSSR count). The van der Waals surface area contributed by atoms with Crippen molar-refractivity contribution in [2.24, 2.45) is 0 Å². The van der Waals surface area contributed by atoms with Crippen molar-refractivity contribution in [2.75, 3.05) is 13.4 Å². The maximum atomic E-state index is 9.90. The van der Waals surface area contributed by atoms with Gasteiger partial charge >= 0.3 is 0 Å². The fourth-order valence-corrected chi connectivity index (χ4v) is 2.39. The number of aliphatic hydroxyl groups excluding tert-OH is 1. The van der Waals surface area contributed by atoms with Gasteiger partial charge in [0.15, 0.2) is 11.5 Å². The van der Waals surface area contributed by atoms with E-state index in [0.717, 1.165) is 24.8 Å². The molecule has 0 saturated heterocycles. The van der Waals surface area contributed by atoms with Crippen molar-refractivity contribution in [1.82, 2.24) is 5.32 Å². The van der Waals surface area contributed by atoms with Crippen LogP contribution in [-0.2, 0) is 6.54 Å². The Hall–Kier alpha value is -1.46. The average Bonchev–Trinajstić information content (AvgIpc) is 2.75. The van der Waals surface area contributed by atoms with Crippen LogP contribution in [0.15, 0.2) is 12.1 Å². The van der Waals surface area contributed by atoms with E-state index in [4.69, 9.17) is 9.47 Å². The second-order valence-electron chi connectivity index (χ2n) is 4.98. The molecule has 3 N–H and O–H groups in total. The molecule has 98 valence electrons. The van der Waals surface area contributed by atoms with Gasteiger partial charge in [0, 0.05) is 23.7 Å². The second kappa shape index (κ2) is 4.33. The van der Waals surface area contributed by atoms with Crippen LogP contribution >= 0.6 is 0 Å². The number of rotatable bonds is 4. The standard InChI is InChI=1S/C13H17NO4/c15-7-13(2-1-3-13)14-6-9-4-11-12(5-10(9)16)18-8-17-11/h4-5,14-16H,1-3,6-8H2. The van der Waals surface area contributed by atoms with E-state index >= 15 is 0 Å². The molecule has 1 heterocycles. The third-order valence-corrected chi connectivity index (χ3v) is 3.84. The van der Waals surface area contributed by atoms with Gasteiger partial charge in [0.1, 0.15) is 5.75 Å². The molecule has 0 bridgehead atoms. The molecule has 18 heavy (non-hydrogen) atoms. The van der Waals surface area contributed by atoms with Crippen molar-refractivity contribution < 1.29 is 19.7 Å². The first-order valence-electron chi connectivity index (χ1n) is 6.20. The highest BCUT2D eigenvalue weighted by Gasteiger charge is 2.35. The van der Waals surface area contributed by atoms with E-state index in [-0.39, 0.29) is 24.7 Å². The third-order valence-electron chi connectivity index (χ3n) is 3.84. The number of benzene rings is 1. The van der Waals surface area contributed by atoms with Crippen LogP contribution in [0.1, 0.15) is 24.8 Å². The Balaban J connectivity index is 1.73. The zero-order valence-corrected chi connectivity index (χ0v) is 10.1. The molecular formula is C13H17NO4. The van der Waals surface area contributed by atoms with Crippen molar-refractivity contribution in [3.8, 4) is 17.2 Å². The summed E-state index contributed by atoms with van der Waals surface area (Å²) in [6, 6.07) is 3.36. The molecule has 0 radical (unpaired) electrons. The van der Waals surface area contributed by atoms with Gasteiger partial charge in [-0.3, -0.25) is 0 Å². The van der Waals surface area contributed by atoms with Crippen molar-refractivity contribution in [3.63, 3.8) is 0 Å². The third kappa shape index (κ3) is 1.89. The summed E-state index contributed by atoms with van der Waals surface area (Å²) in [6.07, 6.45) is 3.10. The number of hydrogen-bond donors (Lipinski definition) is 3. The fraction of sp³-hybridized carbons (Fsp3) is 0.538. The van der Waals surface area contributed by atoms with Crippen LogP contribution in [0.2, 0.25) is 0 Å². The minimum absolute atomic E-state index is 0.137. The predicted octanol–water partition coefficient (Wildman–Crippen LogP) is 1.13. The van der Waals surface area contributed by atoms with E-state index in [9.17, 15) is 10.2 Å². The van der Waals surface area contributed by atoms with Gasteiger partial charge in [0.05, 0.1) is 6.61 Å². The van der Waals surface area contributed by atoms with E-state index in [2.05, 4.69) is 5.32 Å². The van der Waals surface area contributed by atoms with Crippen molar-refractivity contribution in [2.45, 2.75) is 31.3 Å². The molecule has 0 unspecified atom stereocenters. The Bertz CT molecular complexity index is 451. The number of nitrogens with one attached hydrogen (secondary N) is 1. The highest BCUT2D eigenvalue weighted by atomic mass is 16.7. The Kier molecular flexibility index (Phi) is 2.80. The molecule has 1 aliphatic heterocycles. The Labute approximate surface area is 105 Å². The van der Waals surface area contributed by atoms with Gasteiger partial charge in [-0.05, 0) is 25.3 Å². The molecule has 1 saturated carbocycles. The van der Waals surface area contributed by atoms with Gasteiger partial charge in [-0.1, -0.05) is 0 Å². The Morgan fingerprint density at radius 2 is 1.94 bits per heavy atom. The van der Waals surface area contributed by atoms with Gasteiger partial charge in [-0.15, -0.1) is 0 Å². The van der Waals surface area contributed by atoms with E-state index in [1.54, 1.807) is 12.1 Å². The summed E-state index contributed by atoms with van der Waals surface area (Å²) in [4.78, 5) is 0. The first kappa shape index (κ1) is 11.6. The number of phenols is 1. The summed E-state index contributed by atoms with van der Waals surface area (Å²) in [6.45, 7) is 0.855. The van der Waals surface area contributed by atoms with Crippen molar-refractivity contribution in [1.29, 1.82) is 0 Å². The largest absolute Gasteiger partial charge is 0.507 e. The topological polar surface area (TPSA) is 71.0 Å². The normalized spacial score (nSPS) is 19.6. The summed E-state index contributed by atoms with van der Waals surface area (Å²) < 4.78 is 10.5. The zero-order chi connectivity index (χ0) is 12.6. The lowest BCUT2D eigenvalue weighted by Gasteiger charge is -2.41. The smallest absolute Gasteiger partial charge is 0.231 e. The summed E-state index contributed by atoms with van der Waals surface area (Å²) in [5, 5.41) is 22.6. The van der Waals surface area contributed by atoms with Gasteiger partial charge in [0.2, 0.25) is 6.79 Å². The van der Waals surface area contributed by atoms with Gasteiger partial charge < -0.3 is 25.0 Å². The Morgan fingerprint density at radius 3 is 2.56 bits per heavy atom. The molecule has 1 fully saturated rings. The van der Waals surface area contributed by atoms with Crippen LogP contribution in [-0.4, -0.2) is 29.2 Å². The molecule has 0 atom stereocenters. The van der Waals surface area contributed by atoms with Crippen LogP contribution in [0, 0.1) is 0 Å². The highest BCUT2D eigenvalue weighted by molar-refractivity contribution is 5.51. The SMILES string of the molecule is OCC1(NCc2cc3c(cc2O)OCO3)CCC1. The highest BCUT2D eigenvalue weighted by Crippen LogP contribution is 2.38. The van der Waals surface area contributed by atoms with Crippen LogP contribution in [0.3, 0.4) is 0 Å². The van der Waals surface area contributed by atoms with Crippen LogP contribution in [0.5, 0.6) is 17.2 Å². The first-order chi connectivity index (χ1) is 8.72. The minimum Gasteiger partial charge on any atom is -0.507 e.